The van der Waals surface area contributed by atoms with Crippen LogP contribution >= 0.6 is 0 Å². The van der Waals surface area contributed by atoms with Gasteiger partial charge in [0.25, 0.3) is 17.4 Å². The fraction of sp³-hybridized carbons (Fsp3) is 0.286. The number of rotatable bonds is 11. The summed E-state index contributed by atoms with van der Waals surface area (Å²) in [6, 6.07) is 13.1. The monoisotopic (exact) mass is 654 g/mol. The number of aliphatic imine (C=N–C) groups is 1. The van der Waals surface area contributed by atoms with Gasteiger partial charge in [-0.2, -0.15) is 9.73 Å². The average Bonchev–Trinajstić information content (AvgIpc) is 3.34. The first-order valence-electron chi connectivity index (χ1n) is 15.5. The number of aromatic nitrogens is 3. The molecule has 4 rings (SSSR count). The smallest absolute Gasteiger partial charge is 0.290 e. The Kier molecular flexibility index (Phi) is 12.7. The van der Waals surface area contributed by atoms with Gasteiger partial charge in [-0.05, 0) is 68.4 Å². The standard InChI is InChI=1S/C33H36N8O5.C2H6/c1-7-26(40(5)24-13-11-21(12-14-24)28-19(2)46-41(6)33(28)45)29-25(18-42)36-20(3)37-30(29)32(44)38-23-10-8-9-22(17-23)31(43)39-27(34)15-16-35-4;1-2/h8-18,26,35H,7H2,1-6H3,(H,38,44)(H2,34,39,43);1-2H3/b16-15-;/t26-;/m1./s1. The van der Waals surface area contributed by atoms with E-state index >= 15 is 0 Å². The van der Waals surface area contributed by atoms with Crippen molar-refractivity contribution >= 4 is 35.3 Å². The zero-order chi connectivity index (χ0) is 35.5. The molecular weight excluding hydrogens is 612 g/mol. The highest BCUT2D eigenvalue weighted by atomic mass is 16.5. The van der Waals surface area contributed by atoms with Crippen LogP contribution in [-0.2, 0) is 7.05 Å². The quantitative estimate of drug-likeness (QED) is 0.114. The zero-order valence-electron chi connectivity index (χ0n) is 28.5. The molecule has 0 unspecified atom stereocenters. The second-order valence-electron chi connectivity index (χ2n) is 10.4. The van der Waals surface area contributed by atoms with Gasteiger partial charge >= 0.3 is 0 Å². The Labute approximate surface area is 279 Å². The number of nitrogens with zero attached hydrogens (tertiary/aromatic N) is 5. The van der Waals surface area contributed by atoms with E-state index in [9.17, 15) is 19.2 Å². The molecule has 48 heavy (non-hydrogen) atoms. The van der Waals surface area contributed by atoms with Crippen LogP contribution in [-0.4, -0.2) is 52.7 Å². The molecule has 0 aliphatic heterocycles. The van der Waals surface area contributed by atoms with E-state index in [2.05, 4.69) is 25.6 Å². The molecule has 2 heterocycles. The number of aryl methyl sites for hydroxylation is 3. The Morgan fingerprint density at radius 3 is 2.40 bits per heavy atom. The average molecular weight is 655 g/mol. The molecule has 0 radical (unpaired) electrons. The van der Waals surface area contributed by atoms with Crippen molar-refractivity contribution in [2.24, 2.45) is 17.8 Å². The molecule has 0 bridgehead atoms. The number of amidine groups is 1. The Balaban J connectivity index is 0.00000307. The van der Waals surface area contributed by atoms with Crippen molar-refractivity contribution in [2.45, 2.75) is 47.1 Å². The summed E-state index contributed by atoms with van der Waals surface area (Å²) in [5, 5.41) is 5.56. The lowest BCUT2D eigenvalue weighted by Gasteiger charge is -2.31. The summed E-state index contributed by atoms with van der Waals surface area (Å²) in [6.07, 6.45) is 4.10. The van der Waals surface area contributed by atoms with Gasteiger partial charge in [0.15, 0.2) is 6.29 Å². The summed E-state index contributed by atoms with van der Waals surface area (Å²) in [5.41, 5.74) is 8.50. The summed E-state index contributed by atoms with van der Waals surface area (Å²) in [5.74, 6) is -0.392. The second-order valence-corrected chi connectivity index (χ2v) is 10.4. The van der Waals surface area contributed by atoms with Gasteiger partial charge in [-0.15, -0.1) is 0 Å². The maximum atomic E-state index is 13.8. The lowest BCUT2D eigenvalue weighted by atomic mass is 9.97. The lowest BCUT2D eigenvalue weighted by Crippen LogP contribution is -2.29. The van der Waals surface area contributed by atoms with E-state index in [0.717, 1.165) is 5.69 Å². The number of carbonyl (C=O) groups excluding carboxylic acids is 3. The van der Waals surface area contributed by atoms with Gasteiger partial charge < -0.3 is 25.8 Å². The molecule has 13 nitrogen and oxygen atoms in total. The first kappa shape index (κ1) is 36.6. The predicted octanol–water partition coefficient (Wildman–Crippen LogP) is 4.96. The van der Waals surface area contributed by atoms with Crippen molar-refractivity contribution in [3.8, 4) is 11.1 Å². The highest BCUT2D eigenvalue weighted by Gasteiger charge is 2.28. The molecule has 2 aromatic heterocycles. The molecule has 0 aliphatic rings. The number of anilines is 2. The number of benzene rings is 2. The molecule has 13 heteroatoms. The zero-order valence-corrected chi connectivity index (χ0v) is 28.5. The molecule has 4 aromatic rings. The summed E-state index contributed by atoms with van der Waals surface area (Å²) in [7, 11) is 5.09. The highest BCUT2D eigenvalue weighted by Crippen LogP contribution is 2.33. The van der Waals surface area contributed by atoms with Crippen molar-refractivity contribution in [3.05, 3.63) is 105 Å². The number of hydrogen-bond donors (Lipinski definition) is 3. The van der Waals surface area contributed by atoms with Crippen molar-refractivity contribution in [3.63, 3.8) is 0 Å². The SMILES string of the molecule is CC.CC[C@H](c1c(C=O)nc(C)nc1C(=O)Nc1cccc(C(=O)N=C(N)/C=C\NC)c1)N(C)c1ccc(-c2c(C)on(C)c2=O)cc1. The summed E-state index contributed by atoms with van der Waals surface area (Å²) in [4.78, 5) is 65.8. The third-order valence-corrected chi connectivity index (χ3v) is 7.31. The molecule has 0 aliphatic carbocycles. The molecule has 2 amide bonds. The number of amides is 2. The Bertz CT molecular complexity index is 1890. The fourth-order valence-electron chi connectivity index (χ4n) is 5.14. The van der Waals surface area contributed by atoms with Crippen molar-refractivity contribution in [2.75, 3.05) is 24.3 Å². The number of carbonyl (C=O) groups is 3. The van der Waals surface area contributed by atoms with Crippen molar-refractivity contribution in [1.29, 1.82) is 0 Å². The van der Waals surface area contributed by atoms with Crippen LogP contribution in [0.15, 0.2) is 75.1 Å². The third kappa shape index (κ3) is 8.29. The summed E-state index contributed by atoms with van der Waals surface area (Å²) < 4.78 is 6.61. The molecule has 2 aromatic carbocycles. The normalized spacial score (nSPS) is 11.8. The van der Waals surface area contributed by atoms with Gasteiger partial charge in [-0.3, -0.25) is 19.2 Å². The Morgan fingerprint density at radius 2 is 1.81 bits per heavy atom. The van der Waals surface area contributed by atoms with Gasteiger partial charge in [0.05, 0.1) is 11.6 Å². The first-order chi connectivity index (χ1) is 23.0. The maximum Gasteiger partial charge on any atom is 0.290 e. The van der Waals surface area contributed by atoms with Crippen LogP contribution in [0.5, 0.6) is 0 Å². The van der Waals surface area contributed by atoms with E-state index in [1.807, 2.05) is 57.0 Å². The molecular formula is C35H42N8O5. The lowest BCUT2D eigenvalue weighted by molar-refractivity contribution is 0.0996. The van der Waals surface area contributed by atoms with E-state index in [1.165, 1.54) is 16.9 Å². The van der Waals surface area contributed by atoms with E-state index < -0.39 is 17.9 Å². The van der Waals surface area contributed by atoms with E-state index in [-0.39, 0.29) is 34.2 Å². The van der Waals surface area contributed by atoms with Gasteiger partial charge in [-0.1, -0.05) is 39.0 Å². The van der Waals surface area contributed by atoms with Gasteiger partial charge in [0.1, 0.15) is 28.8 Å². The van der Waals surface area contributed by atoms with Crippen LogP contribution < -0.4 is 26.8 Å². The minimum Gasteiger partial charge on any atom is -0.394 e. The van der Waals surface area contributed by atoms with Crippen LogP contribution in [0.3, 0.4) is 0 Å². The van der Waals surface area contributed by atoms with Gasteiger partial charge in [0, 0.05) is 43.6 Å². The Morgan fingerprint density at radius 1 is 1.12 bits per heavy atom. The van der Waals surface area contributed by atoms with E-state index in [4.69, 9.17) is 10.3 Å². The molecule has 0 saturated carbocycles. The fourth-order valence-corrected chi connectivity index (χ4v) is 5.14. The maximum absolute atomic E-state index is 13.8. The van der Waals surface area contributed by atoms with E-state index in [1.54, 1.807) is 52.3 Å². The van der Waals surface area contributed by atoms with Crippen LogP contribution in [0.4, 0.5) is 11.4 Å². The summed E-state index contributed by atoms with van der Waals surface area (Å²) in [6.45, 7) is 9.26. The minimum atomic E-state index is -0.585. The van der Waals surface area contributed by atoms with Gasteiger partial charge in [-0.25, -0.2) is 9.97 Å². The molecule has 0 spiro atoms. The molecule has 1 atom stereocenters. The predicted molar refractivity (Wildman–Crippen MR) is 188 cm³/mol. The number of hydrogen-bond acceptors (Lipinski definition) is 9. The van der Waals surface area contributed by atoms with Crippen molar-refractivity contribution < 1.29 is 18.9 Å². The number of nitrogens with one attached hydrogen (secondary N) is 2. The topological polar surface area (TPSA) is 178 Å². The molecule has 0 fully saturated rings. The van der Waals surface area contributed by atoms with Crippen LogP contribution in [0.25, 0.3) is 11.1 Å². The number of aldehydes is 1. The minimum absolute atomic E-state index is 0.0153. The van der Waals surface area contributed by atoms with Crippen LogP contribution in [0, 0.1) is 13.8 Å². The highest BCUT2D eigenvalue weighted by molar-refractivity contribution is 6.08. The Hall–Kier alpha value is -5.85. The third-order valence-electron chi connectivity index (χ3n) is 7.31. The largest absolute Gasteiger partial charge is 0.394 e. The van der Waals surface area contributed by atoms with Crippen LogP contribution in [0.1, 0.15) is 81.7 Å². The van der Waals surface area contributed by atoms with E-state index in [0.29, 0.717) is 40.8 Å². The molecule has 4 N–H and O–H groups in total. The van der Waals surface area contributed by atoms with Gasteiger partial charge in [0.2, 0.25) is 0 Å². The molecule has 0 saturated heterocycles. The summed E-state index contributed by atoms with van der Waals surface area (Å²) >= 11 is 0. The van der Waals surface area contributed by atoms with Crippen molar-refractivity contribution in [1.82, 2.24) is 20.0 Å². The number of nitrogens with two attached hydrogens (primary N) is 1. The second kappa shape index (κ2) is 16.6. The first-order valence-corrected chi connectivity index (χ1v) is 15.5. The van der Waals surface area contributed by atoms with Crippen LogP contribution in [0.2, 0.25) is 0 Å². The molecule has 252 valence electrons.